The molecule has 3 rings (SSSR count). The average molecular weight is 412 g/mol. The van der Waals surface area contributed by atoms with Crippen LogP contribution in [0.25, 0.3) is 11.1 Å². The number of rotatable bonds is 9. The Hall–Kier alpha value is -2.93. The first-order valence-electron chi connectivity index (χ1n) is 10.3. The van der Waals surface area contributed by atoms with E-state index in [1.165, 1.54) is 6.92 Å². The van der Waals surface area contributed by atoms with Gasteiger partial charge in [0.1, 0.15) is 18.2 Å². The molecule has 1 aliphatic heterocycles. The largest absolute Gasteiger partial charge is 0.497 e. The van der Waals surface area contributed by atoms with Gasteiger partial charge < -0.3 is 14.4 Å². The van der Waals surface area contributed by atoms with Gasteiger partial charge in [-0.15, -0.1) is 0 Å². The third-order valence-corrected chi connectivity index (χ3v) is 5.14. The number of piperazine rings is 1. The minimum atomic E-state index is -0.302. The van der Waals surface area contributed by atoms with E-state index >= 15 is 0 Å². The Bertz CT molecular complexity index is 846. The van der Waals surface area contributed by atoms with Gasteiger partial charge in [-0.3, -0.25) is 14.5 Å². The molecule has 0 bridgehead atoms. The Labute approximate surface area is 177 Å². The minimum Gasteiger partial charge on any atom is -0.497 e. The van der Waals surface area contributed by atoms with Crippen molar-refractivity contribution in [2.24, 2.45) is 0 Å². The van der Waals surface area contributed by atoms with Gasteiger partial charge in [-0.25, -0.2) is 4.98 Å². The maximum absolute atomic E-state index is 11.6. The second-order valence-electron chi connectivity index (χ2n) is 7.43. The van der Waals surface area contributed by atoms with E-state index in [9.17, 15) is 9.59 Å². The monoisotopic (exact) mass is 411 g/mol. The maximum atomic E-state index is 11.6. The summed E-state index contributed by atoms with van der Waals surface area (Å²) < 4.78 is 10.2. The maximum Gasteiger partial charge on any atom is 0.306 e. The summed E-state index contributed by atoms with van der Waals surface area (Å²) in [4.78, 5) is 31.7. The molecule has 2 aromatic rings. The number of hydrogen-bond acceptors (Lipinski definition) is 7. The van der Waals surface area contributed by atoms with E-state index in [1.807, 2.05) is 30.5 Å². The normalized spacial score (nSPS) is 14.4. The lowest BCUT2D eigenvalue weighted by molar-refractivity contribution is -0.147. The van der Waals surface area contributed by atoms with Crippen LogP contribution in [0.1, 0.15) is 19.8 Å². The molecule has 2 heterocycles. The molecule has 1 aromatic carbocycles. The van der Waals surface area contributed by atoms with Crippen LogP contribution in [-0.4, -0.2) is 68.1 Å². The Morgan fingerprint density at radius 2 is 1.87 bits per heavy atom. The van der Waals surface area contributed by atoms with Gasteiger partial charge in [0.05, 0.1) is 7.11 Å². The van der Waals surface area contributed by atoms with Crippen LogP contribution in [0.3, 0.4) is 0 Å². The standard InChI is InChI=1S/C23H29N3O4/c1-18(27)17-30-23(28)7-4-10-25-11-13-26(14-12-25)22-9-8-20(16-24-22)19-5-3-6-21(15-19)29-2/h3,5-6,8-9,15-16H,4,7,10-14,17H2,1-2H3. The number of Topliss-reactive ketones (excluding diaryl/α,β-unsaturated/α-hetero) is 1. The van der Waals surface area contributed by atoms with Crippen LogP contribution in [0.5, 0.6) is 5.75 Å². The molecule has 0 atom stereocenters. The third kappa shape index (κ3) is 6.29. The smallest absolute Gasteiger partial charge is 0.306 e. The average Bonchev–Trinajstić information content (AvgIpc) is 2.78. The van der Waals surface area contributed by atoms with Crippen molar-refractivity contribution < 1.29 is 19.1 Å². The second-order valence-corrected chi connectivity index (χ2v) is 7.43. The summed E-state index contributed by atoms with van der Waals surface area (Å²) in [6.07, 6.45) is 2.99. The second kappa shape index (κ2) is 10.7. The van der Waals surface area contributed by atoms with Crippen molar-refractivity contribution >= 4 is 17.6 Å². The summed E-state index contributed by atoms with van der Waals surface area (Å²) in [5, 5.41) is 0. The number of anilines is 1. The van der Waals surface area contributed by atoms with Crippen molar-refractivity contribution in [3.8, 4) is 16.9 Å². The van der Waals surface area contributed by atoms with Crippen LogP contribution in [0.4, 0.5) is 5.82 Å². The molecular formula is C23H29N3O4. The molecule has 0 aliphatic carbocycles. The zero-order chi connectivity index (χ0) is 21.3. The van der Waals surface area contributed by atoms with Gasteiger partial charge in [0.25, 0.3) is 0 Å². The molecular weight excluding hydrogens is 382 g/mol. The van der Waals surface area contributed by atoms with E-state index in [-0.39, 0.29) is 18.4 Å². The Morgan fingerprint density at radius 1 is 1.07 bits per heavy atom. The number of carbonyl (C=O) groups is 2. The highest BCUT2D eigenvalue weighted by atomic mass is 16.5. The fraction of sp³-hybridized carbons (Fsp3) is 0.435. The van der Waals surface area contributed by atoms with E-state index in [0.29, 0.717) is 6.42 Å². The number of benzene rings is 1. The Morgan fingerprint density at radius 3 is 2.53 bits per heavy atom. The highest BCUT2D eigenvalue weighted by Gasteiger charge is 2.18. The van der Waals surface area contributed by atoms with E-state index < -0.39 is 0 Å². The molecule has 1 aliphatic rings. The number of esters is 1. The molecule has 30 heavy (non-hydrogen) atoms. The molecule has 160 valence electrons. The van der Waals surface area contributed by atoms with Gasteiger partial charge in [0, 0.05) is 44.4 Å². The third-order valence-electron chi connectivity index (χ3n) is 5.14. The number of ketones is 1. The summed E-state index contributed by atoms with van der Waals surface area (Å²) >= 11 is 0. The molecule has 1 aromatic heterocycles. The lowest BCUT2D eigenvalue weighted by atomic mass is 10.1. The Balaban J connectivity index is 1.43. The quantitative estimate of drug-likeness (QED) is 0.588. The predicted molar refractivity (Wildman–Crippen MR) is 116 cm³/mol. The van der Waals surface area contributed by atoms with Gasteiger partial charge in [0.15, 0.2) is 5.78 Å². The van der Waals surface area contributed by atoms with Crippen molar-refractivity contribution in [2.75, 3.05) is 51.3 Å². The zero-order valence-corrected chi connectivity index (χ0v) is 17.7. The summed E-state index contributed by atoms with van der Waals surface area (Å²) in [7, 11) is 1.67. The van der Waals surface area contributed by atoms with E-state index in [0.717, 1.165) is 61.8 Å². The zero-order valence-electron chi connectivity index (χ0n) is 17.7. The lowest BCUT2D eigenvalue weighted by Gasteiger charge is -2.35. The molecule has 0 amide bonds. The summed E-state index contributed by atoms with van der Waals surface area (Å²) in [6.45, 7) is 5.81. The number of ether oxygens (including phenoxy) is 2. The molecule has 0 N–H and O–H groups in total. The predicted octanol–water partition coefficient (Wildman–Crippen LogP) is 2.79. The Kier molecular flexibility index (Phi) is 7.79. The molecule has 7 nitrogen and oxygen atoms in total. The van der Waals surface area contributed by atoms with Crippen LogP contribution in [-0.2, 0) is 14.3 Å². The van der Waals surface area contributed by atoms with Crippen molar-refractivity contribution in [3.63, 3.8) is 0 Å². The molecule has 0 spiro atoms. The fourth-order valence-corrected chi connectivity index (χ4v) is 3.45. The number of carbonyl (C=O) groups excluding carboxylic acids is 2. The minimum absolute atomic E-state index is 0.124. The molecule has 0 unspecified atom stereocenters. The van der Waals surface area contributed by atoms with Crippen LogP contribution >= 0.6 is 0 Å². The first-order chi connectivity index (χ1) is 14.5. The highest BCUT2D eigenvalue weighted by molar-refractivity contribution is 5.80. The summed E-state index contributed by atoms with van der Waals surface area (Å²) in [5.74, 6) is 1.38. The number of nitrogens with zero attached hydrogens (tertiary/aromatic N) is 3. The van der Waals surface area contributed by atoms with Gasteiger partial charge in [-0.1, -0.05) is 12.1 Å². The van der Waals surface area contributed by atoms with Crippen molar-refractivity contribution in [1.29, 1.82) is 0 Å². The highest BCUT2D eigenvalue weighted by Crippen LogP contribution is 2.25. The molecule has 1 saturated heterocycles. The van der Waals surface area contributed by atoms with Crippen LogP contribution in [0.15, 0.2) is 42.6 Å². The van der Waals surface area contributed by atoms with E-state index in [2.05, 4.69) is 26.9 Å². The molecule has 0 radical (unpaired) electrons. The van der Waals surface area contributed by atoms with Gasteiger partial charge >= 0.3 is 5.97 Å². The topological polar surface area (TPSA) is 72.0 Å². The number of methoxy groups -OCH3 is 1. The first-order valence-corrected chi connectivity index (χ1v) is 10.3. The van der Waals surface area contributed by atoms with Crippen LogP contribution < -0.4 is 9.64 Å². The number of aromatic nitrogens is 1. The summed E-state index contributed by atoms with van der Waals surface area (Å²) in [5.41, 5.74) is 2.15. The summed E-state index contributed by atoms with van der Waals surface area (Å²) in [6, 6.07) is 12.1. The van der Waals surface area contributed by atoms with Crippen LogP contribution in [0.2, 0.25) is 0 Å². The molecule has 0 saturated carbocycles. The van der Waals surface area contributed by atoms with Crippen molar-refractivity contribution in [1.82, 2.24) is 9.88 Å². The van der Waals surface area contributed by atoms with Gasteiger partial charge in [-0.05, 0) is 49.7 Å². The van der Waals surface area contributed by atoms with Crippen molar-refractivity contribution in [2.45, 2.75) is 19.8 Å². The molecule has 1 fully saturated rings. The van der Waals surface area contributed by atoms with Gasteiger partial charge in [-0.2, -0.15) is 0 Å². The van der Waals surface area contributed by atoms with Crippen LogP contribution in [0, 0.1) is 0 Å². The van der Waals surface area contributed by atoms with Crippen molar-refractivity contribution in [3.05, 3.63) is 42.6 Å². The van der Waals surface area contributed by atoms with E-state index in [1.54, 1.807) is 7.11 Å². The van der Waals surface area contributed by atoms with Gasteiger partial charge in [0.2, 0.25) is 0 Å². The fourth-order valence-electron chi connectivity index (χ4n) is 3.45. The lowest BCUT2D eigenvalue weighted by Crippen LogP contribution is -2.47. The SMILES string of the molecule is COc1cccc(-c2ccc(N3CCN(CCCC(=O)OCC(C)=O)CC3)nc2)c1. The van der Waals surface area contributed by atoms with E-state index in [4.69, 9.17) is 9.47 Å². The molecule has 7 heteroatoms. The number of hydrogen-bond donors (Lipinski definition) is 0. The number of pyridine rings is 1. The first kappa shape index (κ1) is 21.8.